The molecule has 0 aliphatic carbocycles. The molecule has 2 heteroatoms. The number of benzene rings is 1. The van der Waals surface area contributed by atoms with Crippen LogP contribution >= 0.6 is 0 Å². The van der Waals surface area contributed by atoms with E-state index < -0.39 is 0 Å². The van der Waals surface area contributed by atoms with Crippen LogP contribution in [0.25, 0.3) is 0 Å². The van der Waals surface area contributed by atoms with Crippen molar-refractivity contribution < 1.29 is 9.53 Å². The molecule has 1 aromatic carbocycles. The molecule has 0 bridgehead atoms. The normalized spacial score (nSPS) is 11.1. The van der Waals surface area contributed by atoms with E-state index in [1.807, 2.05) is 6.07 Å². The number of hydrogen-bond acceptors (Lipinski definition) is 2. The molecule has 0 fully saturated rings. The van der Waals surface area contributed by atoms with Gasteiger partial charge in [0.25, 0.3) is 0 Å². The minimum Gasteiger partial charge on any atom is -0.465 e. The molecule has 0 saturated heterocycles. The number of carbonyl (C=O) groups is 1. The van der Waals surface area contributed by atoms with Gasteiger partial charge in [-0.25, -0.2) is 4.79 Å². The summed E-state index contributed by atoms with van der Waals surface area (Å²) < 4.78 is 4.88. The van der Waals surface area contributed by atoms with Crippen molar-refractivity contribution >= 4 is 5.97 Å². The van der Waals surface area contributed by atoms with Gasteiger partial charge in [0.15, 0.2) is 0 Å². The molecule has 18 heavy (non-hydrogen) atoms. The maximum Gasteiger partial charge on any atom is 0.338 e. The zero-order valence-electron chi connectivity index (χ0n) is 12.1. The number of methoxy groups -OCH3 is 1. The second-order valence-corrected chi connectivity index (χ2v) is 5.68. The summed E-state index contributed by atoms with van der Waals surface area (Å²) >= 11 is 0. The Balaban J connectivity index is 3.08. The Hall–Kier alpha value is -1.31. The summed E-state index contributed by atoms with van der Waals surface area (Å²) in [5.41, 5.74) is 3.02. The van der Waals surface area contributed by atoms with Crippen molar-refractivity contribution in [3.8, 4) is 0 Å². The maximum absolute atomic E-state index is 11.8. The quantitative estimate of drug-likeness (QED) is 0.739. The largest absolute Gasteiger partial charge is 0.465 e. The lowest BCUT2D eigenvalue weighted by molar-refractivity contribution is 0.0599. The highest BCUT2D eigenvalue weighted by molar-refractivity contribution is 5.91. The second-order valence-electron chi connectivity index (χ2n) is 5.68. The van der Waals surface area contributed by atoms with Gasteiger partial charge < -0.3 is 4.74 Å². The fourth-order valence-corrected chi connectivity index (χ4v) is 2.14. The minimum absolute atomic E-state index is 0.226. The number of esters is 1. The summed E-state index contributed by atoms with van der Waals surface area (Å²) in [5.74, 6) is 0.895. The molecule has 0 saturated carbocycles. The van der Waals surface area contributed by atoms with E-state index in [1.54, 1.807) is 0 Å². The second kappa shape index (κ2) is 6.58. The Morgan fingerprint density at radius 3 is 2.22 bits per heavy atom. The van der Waals surface area contributed by atoms with Crippen LogP contribution < -0.4 is 0 Å². The SMILES string of the molecule is COC(=O)c1cc(CC(C)C)ccc1CC(C)C. The molecule has 0 heterocycles. The Bertz CT molecular complexity index is 406. The number of carbonyl (C=O) groups excluding carboxylic acids is 1. The van der Waals surface area contributed by atoms with Crippen LogP contribution in [-0.4, -0.2) is 13.1 Å². The molecule has 2 nitrogen and oxygen atoms in total. The zero-order valence-corrected chi connectivity index (χ0v) is 12.1. The lowest BCUT2D eigenvalue weighted by atomic mass is 9.93. The van der Waals surface area contributed by atoms with Crippen LogP contribution in [0.5, 0.6) is 0 Å². The molecule has 0 atom stereocenters. The first kappa shape index (κ1) is 14.7. The van der Waals surface area contributed by atoms with E-state index in [1.165, 1.54) is 12.7 Å². The molecule has 0 amide bonds. The third-order valence-electron chi connectivity index (χ3n) is 2.85. The van der Waals surface area contributed by atoms with Crippen LogP contribution in [0, 0.1) is 11.8 Å². The van der Waals surface area contributed by atoms with Gasteiger partial charge in [0, 0.05) is 0 Å². The van der Waals surface area contributed by atoms with Crippen molar-refractivity contribution in [1.29, 1.82) is 0 Å². The van der Waals surface area contributed by atoms with Crippen molar-refractivity contribution in [2.75, 3.05) is 7.11 Å². The van der Waals surface area contributed by atoms with Gasteiger partial charge in [0.05, 0.1) is 12.7 Å². The van der Waals surface area contributed by atoms with Gasteiger partial charge in [-0.3, -0.25) is 0 Å². The molecule has 0 aliphatic rings. The third kappa shape index (κ3) is 4.17. The monoisotopic (exact) mass is 248 g/mol. The summed E-state index contributed by atoms with van der Waals surface area (Å²) in [6.45, 7) is 8.67. The average Bonchev–Trinajstić information content (AvgIpc) is 2.28. The van der Waals surface area contributed by atoms with Gasteiger partial charge in [0.2, 0.25) is 0 Å². The lowest BCUT2D eigenvalue weighted by Gasteiger charge is -2.13. The molecular weight excluding hydrogens is 224 g/mol. The third-order valence-corrected chi connectivity index (χ3v) is 2.85. The number of hydrogen-bond donors (Lipinski definition) is 0. The minimum atomic E-state index is -0.226. The van der Waals surface area contributed by atoms with Gasteiger partial charge >= 0.3 is 5.97 Å². The predicted octanol–water partition coefficient (Wildman–Crippen LogP) is 3.87. The Kier molecular flexibility index (Phi) is 5.39. The first-order chi connectivity index (χ1) is 8.43. The topological polar surface area (TPSA) is 26.3 Å². The van der Waals surface area contributed by atoms with Crippen molar-refractivity contribution in [2.24, 2.45) is 11.8 Å². The van der Waals surface area contributed by atoms with Gasteiger partial charge in [-0.2, -0.15) is 0 Å². The summed E-state index contributed by atoms with van der Waals surface area (Å²) in [5, 5.41) is 0. The highest BCUT2D eigenvalue weighted by Crippen LogP contribution is 2.19. The lowest BCUT2D eigenvalue weighted by Crippen LogP contribution is -2.09. The van der Waals surface area contributed by atoms with Crippen molar-refractivity contribution in [3.63, 3.8) is 0 Å². The van der Waals surface area contributed by atoms with Crippen LogP contribution in [0.2, 0.25) is 0 Å². The van der Waals surface area contributed by atoms with Crippen LogP contribution in [0.15, 0.2) is 18.2 Å². The summed E-state index contributed by atoms with van der Waals surface area (Å²) in [6.07, 6.45) is 1.90. The predicted molar refractivity (Wildman–Crippen MR) is 74.9 cm³/mol. The fraction of sp³-hybridized carbons (Fsp3) is 0.562. The molecule has 1 rings (SSSR count). The van der Waals surface area contributed by atoms with Crippen molar-refractivity contribution in [2.45, 2.75) is 40.5 Å². The molecule has 100 valence electrons. The summed E-state index contributed by atoms with van der Waals surface area (Å²) in [4.78, 5) is 11.8. The average molecular weight is 248 g/mol. The molecule has 0 radical (unpaired) electrons. The Labute approximate surface area is 110 Å². The number of rotatable bonds is 5. The van der Waals surface area contributed by atoms with E-state index in [-0.39, 0.29) is 5.97 Å². The van der Waals surface area contributed by atoms with Crippen LogP contribution in [0.1, 0.15) is 49.2 Å². The van der Waals surface area contributed by atoms with Crippen LogP contribution in [0.3, 0.4) is 0 Å². The van der Waals surface area contributed by atoms with Crippen molar-refractivity contribution in [3.05, 3.63) is 34.9 Å². The highest BCUT2D eigenvalue weighted by atomic mass is 16.5. The van der Waals surface area contributed by atoms with Crippen molar-refractivity contribution in [1.82, 2.24) is 0 Å². The van der Waals surface area contributed by atoms with E-state index in [9.17, 15) is 4.79 Å². The molecule has 0 aromatic heterocycles. The zero-order chi connectivity index (χ0) is 13.7. The van der Waals surface area contributed by atoms with E-state index >= 15 is 0 Å². The van der Waals surface area contributed by atoms with Gasteiger partial charge in [0.1, 0.15) is 0 Å². The summed E-state index contributed by atoms with van der Waals surface area (Å²) in [6, 6.07) is 6.19. The molecule has 0 unspecified atom stereocenters. The van der Waals surface area contributed by atoms with E-state index in [4.69, 9.17) is 4.74 Å². The van der Waals surface area contributed by atoms with Gasteiger partial charge in [-0.15, -0.1) is 0 Å². The number of ether oxygens (including phenoxy) is 1. The van der Waals surface area contributed by atoms with E-state index in [0.717, 1.165) is 24.0 Å². The highest BCUT2D eigenvalue weighted by Gasteiger charge is 2.14. The van der Waals surface area contributed by atoms with Gasteiger partial charge in [-0.05, 0) is 41.9 Å². The first-order valence-electron chi connectivity index (χ1n) is 6.64. The van der Waals surface area contributed by atoms with Crippen LogP contribution in [-0.2, 0) is 17.6 Å². The standard InChI is InChI=1S/C16H24O2/c1-11(2)8-13-6-7-14(9-12(3)4)15(10-13)16(17)18-5/h6-7,10-12H,8-9H2,1-5H3. The van der Waals surface area contributed by atoms with Gasteiger partial charge in [-0.1, -0.05) is 39.8 Å². The van der Waals surface area contributed by atoms with E-state index in [2.05, 4.69) is 39.8 Å². The molecular formula is C16H24O2. The van der Waals surface area contributed by atoms with Crippen LogP contribution in [0.4, 0.5) is 0 Å². The summed E-state index contributed by atoms with van der Waals surface area (Å²) in [7, 11) is 1.44. The molecule has 1 aromatic rings. The molecule has 0 aliphatic heterocycles. The maximum atomic E-state index is 11.8. The Morgan fingerprint density at radius 1 is 1.11 bits per heavy atom. The first-order valence-corrected chi connectivity index (χ1v) is 6.64. The molecule has 0 spiro atoms. The fourth-order valence-electron chi connectivity index (χ4n) is 2.14. The molecule has 0 N–H and O–H groups in total. The Morgan fingerprint density at radius 2 is 1.72 bits per heavy atom. The van der Waals surface area contributed by atoms with E-state index in [0.29, 0.717) is 11.8 Å². The smallest absolute Gasteiger partial charge is 0.338 e.